The molecule has 2 aliphatic heterocycles. The summed E-state index contributed by atoms with van der Waals surface area (Å²) in [7, 11) is 0. The standard InChI is InChI=1S/C26H32N6/c1-20-23-10-7-16-31(17-12-22-9-2-4-14-28-22)26(23)30-25(29-20)24-11-3-5-15-32(24)19-21-8-6-13-27-18-21/h2,4,6,8-9,13-14,18,24H,3,5,7,10-12,15-17,19H2,1H3/t24-/m0/s1. The topological polar surface area (TPSA) is 58.0 Å². The van der Waals surface area contributed by atoms with E-state index in [1.54, 1.807) is 0 Å². The highest BCUT2D eigenvalue weighted by Gasteiger charge is 2.29. The van der Waals surface area contributed by atoms with Crippen LogP contribution in [0.1, 0.15) is 60.1 Å². The van der Waals surface area contributed by atoms with Crippen LogP contribution in [0.3, 0.4) is 0 Å². The largest absolute Gasteiger partial charge is 0.356 e. The van der Waals surface area contributed by atoms with Crippen LogP contribution in [0.15, 0.2) is 48.9 Å². The molecule has 5 heterocycles. The fourth-order valence-electron chi connectivity index (χ4n) is 5.07. The zero-order valence-electron chi connectivity index (χ0n) is 19.0. The van der Waals surface area contributed by atoms with E-state index in [1.165, 1.54) is 24.0 Å². The summed E-state index contributed by atoms with van der Waals surface area (Å²) in [4.78, 5) is 24.1. The quantitative estimate of drug-likeness (QED) is 0.584. The Balaban J connectivity index is 1.40. The molecular formula is C26H32N6. The molecule has 1 atom stereocenters. The second-order valence-corrected chi connectivity index (χ2v) is 8.97. The Morgan fingerprint density at radius 1 is 1.00 bits per heavy atom. The molecule has 6 heteroatoms. The number of aromatic nitrogens is 4. The van der Waals surface area contributed by atoms with Gasteiger partial charge in [0.25, 0.3) is 0 Å². The maximum absolute atomic E-state index is 5.22. The van der Waals surface area contributed by atoms with Gasteiger partial charge >= 0.3 is 0 Å². The SMILES string of the molecule is Cc1nc([C@@H]2CCCCN2Cc2cccnc2)nc2c1CCCN2CCc1ccccn1. The molecule has 3 aromatic heterocycles. The molecule has 6 nitrogen and oxygen atoms in total. The molecule has 0 bridgehead atoms. The van der Waals surface area contributed by atoms with E-state index in [4.69, 9.17) is 9.97 Å². The van der Waals surface area contributed by atoms with Gasteiger partial charge in [-0.25, -0.2) is 9.97 Å². The number of pyridine rings is 2. The number of hydrogen-bond acceptors (Lipinski definition) is 6. The molecule has 166 valence electrons. The Morgan fingerprint density at radius 2 is 1.97 bits per heavy atom. The van der Waals surface area contributed by atoms with Crippen molar-refractivity contribution in [3.63, 3.8) is 0 Å². The van der Waals surface area contributed by atoms with E-state index in [2.05, 4.69) is 44.9 Å². The Kier molecular flexibility index (Phi) is 6.39. The van der Waals surface area contributed by atoms with Crippen LogP contribution in [0.4, 0.5) is 5.82 Å². The van der Waals surface area contributed by atoms with E-state index in [1.807, 2.05) is 30.7 Å². The zero-order valence-corrected chi connectivity index (χ0v) is 19.0. The average Bonchev–Trinajstić information content (AvgIpc) is 2.84. The van der Waals surface area contributed by atoms with Crippen LogP contribution in [0.5, 0.6) is 0 Å². The van der Waals surface area contributed by atoms with Crippen LogP contribution >= 0.6 is 0 Å². The van der Waals surface area contributed by atoms with Crippen molar-refractivity contribution in [2.24, 2.45) is 0 Å². The number of likely N-dealkylation sites (tertiary alicyclic amines) is 1. The zero-order chi connectivity index (χ0) is 21.8. The lowest BCUT2D eigenvalue weighted by Crippen LogP contribution is -2.36. The maximum Gasteiger partial charge on any atom is 0.148 e. The van der Waals surface area contributed by atoms with Crippen molar-refractivity contribution in [3.8, 4) is 0 Å². The average molecular weight is 429 g/mol. The lowest BCUT2D eigenvalue weighted by Gasteiger charge is -2.36. The molecule has 32 heavy (non-hydrogen) atoms. The smallest absolute Gasteiger partial charge is 0.148 e. The molecule has 1 saturated heterocycles. The fraction of sp³-hybridized carbons (Fsp3) is 0.462. The normalized spacial score (nSPS) is 19.0. The van der Waals surface area contributed by atoms with Gasteiger partial charge in [0.15, 0.2) is 0 Å². The van der Waals surface area contributed by atoms with Crippen LogP contribution in [-0.2, 0) is 19.4 Å². The van der Waals surface area contributed by atoms with E-state index in [-0.39, 0.29) is 6.04 Å². The molecular weight excluding hydrogens is 396 g/mol. The molecule has 0 radical (unpaired) electrons. The summed E-state index contributed by atoms with van der Waals surface area (Å²) >= 11 is 0. The van der Waals surface area contributed by atoms with Gasteiger partial charge in [0.1, 0.15) is 11.6 Å². The molecule has 1 fully saturated rings. The van der Waals surface area contributed by atoms with Gasteiger partial charge in [-0.3, -0.25) is 14.9 Å². The number of aryl methyl sites for hydroxylation is 1. The van der Waals surface area contributed by atoms with Gasteiger partial charge in [0, 0.05) is 61.6 Å². The molecule has 0 N–H and O–H groups in total. The molecule has 2 aliphatic rings. The van der Waals surface area contributed by atoms with Gasteiger partial charge in [0.2, 0.25) is 0 Å². The Hall–Kier alpha value is -2.86. The number of hydrogen-bond donors (Lipinski definition) is 0. The molecule has 5 rings (SSSR count). The number of piperidine rings is 1. The van der Waals surface area contributed by atoms with Crippen LogP contribution in [-0.4, -0.2) is 44.5 Å². The van der Waals surface area contributed by atoms with E-state index >= 15 is 0 Å². The van der Waals surface area contributed by atoms with Gasteiger partial charge in [-0.15, -0.1) is 0 Å². The first-order valence-corrected chi connectivity index (χ1v) is 11.9. The first kappa shape index (κ1) is 21.0. The van der Waals surface area contributed by atoms with E-state index in [0.717, 1.165) is 74.9 Å². The first-order chi connectivity index (χ1) is 15.8. The first-order valence-electron chi connectivity index (χ1n) is 11.9. The van der Waals surface area contributed by atoms with E-state index < -0.39 is 0 Å². The predicted molar refractivity (Wildman–Crippen MR) is 126 cm³/mol. The lowest BCUT2D eigenvalue weighted by atomic mass is 9.99. The molecule has 3 aromatic rings. The van der Waals surface area contributed by atoms with Crippen LogP contribution in [0.25, 0.3) is 0 Å². The van der Waals surface area contributed by atoms with Crippen LogP contribution in [0.2, 0.25) is 0 Å². The van der Waals surface area contributed by atoms with Crippen molar-refractivity contribution < 1.29 is 0 Å². The monoisotopic (exact) mass is 428 g/mol. The van der Waals surface area contributed by atoms with Crippen molar-refractivity contribution in [2.45, 2.75) is 58.0 Å². The minimum Gasteiger partial charge on any atom is -0.356 e. The van der Waals surface area contributed by atoms with E-state index in [9.17, 15) is 0 Å². The van der Waals surface area contributed by atoms with Crippen LogP contribution in [0, 0.1) is 6.92 Å². The third kappa shape index (κ3) is 4.65. The Bertz CT molecular complexity index is 1020. The highest BCUT2D eigenvalue weighted by Crippen LogP contribution is 2.34. The summed E-state index contributed by atoms with van der Waals surface area (Å²) in [6, 6.07) is 10.6. The Morgan fingerprint density at radius 3 is 2.81 bits per heavy atom. The lowest BCUT2D eigenvalue weighted by molar-refractivity contribution is 0.133. The summed E-state index contributed by atoms with van der Waals surface area (Å²) in [5, 5.41) is 0. The van der Waals surface area contributed by atoms with Crippen LogP contribution < -0.4 is 4.90 Å². The van der Waals surface area contributed by atoms with Gasteiger partial charge in [-0.05, 0) is 62.9 Å². The van der Waals surface area contributed by atoms with Gasteiger partial charge in [-0.1, -0.05) is 18.6 Å². The van der Waals surface area contributed by atoms with Crippen molar-refractivity contribution >= 4 is 5.82 Å². The Labute approximate surface area is 190 Å². The number of nitrogens with zero attached hydrogens (tertiary/aromatic N) is 6. The minimum atomic E-state index is 0.271. The second-order valence-electron chi connectivity index (χ2n) is 8.97. The summed E-state index contributed by atoms with van der Waals surface area (Å²) in [6.45, 7) is 6.16. The summed E-state index contributed by atoms with van der Waals surface area (Å²) in [6.07, 6.45) is 12.5. The van der Waals surface area contributed by atoms with Crippen molar-refractivity contribution in [3.05, 3.63) is 77.3 Å². The van der Waals surface area contributed by atoms with Gasteiger partial charge in [-0.2, -0.15) is 0 Å². The summed E-state index contributed by atoms with van der Waals surface area (Å²) < 4.78 is 0. The minimum absolute atomic E-state index is 0.271. The van der Waals surface area contributed by atoms with Crippen molar-refractivity contribution in [1.29, 1.82) is 0 Å². The second kappa shape index (κ2) is 9.74. The summed E-state index contributed by atoms with van der Waals surface area (Å²) in [5.74, 6) is 2.15. The highest BCUT2D eigenvalue weighted by atomic mass is 15.2. The number of anilines is 1. The van der Waals surface area contributed by atoms with Crippen molar-refractivity contribution in [2.75, 3.05) is 24.5 Å². The fourth-order valence-corrected chi connectivity index (χ4v) is 5.07. The van der Waals surface area contributed by atoms with Gasteiger partial charge < -0.3 is 4.90 Å². The third-order valence-electron chi connectivity index (χ3n) is 6.75. The maximum atomic E-state index is 5.22. The predicted octanol–water partition coefficient (Wildman–Crippen LogP) is 4.30. The van der Waals surface area contributed by atoms with Crippen molar-refractivity contribution in [1.82, 2.24) is 24.8 Å². The third-order valence-corrected chi connectivity index (χ3v) is 6.75. The molecule has 0 aromatic carbocycles. The molecule has 0 spiro atoms. The molecule has 0 saturated carbocycles. The highest BCUT2D eigenvalue weighted by molar-refractivity contribution is 5.51. The molecule has 0 unspecified atom stereocenters. The molecule has 0 amide bonds. The number of fused-ring (bicyclic) bond motifs is 1. The molecule has 0 aliphatic carbocycles. The van der Waals surface area contributed by atoms with E-state index in [0.29, 0.717) is 0 Å². The summed E-state index contributed by atoms with van der Waals surface area (Å²) in [5.41, 5.74) is 4.88. The number of rotatable bonds is 6. The van der Waals surface area contributed by atoms with Gasteiger partial charge in [0.05, 0.1) is 6.04 Å².